The molecular weight excluding hydrogens is 216 g/mol. The Kier molecular flexibility index (Phi) is 20.7. The van der Waals surface area contributed by atoms with Gasteiger partial charge in [0.05, 0.1) is 0 Å². The lowest BCUT2D eigenvalue weighted by Gasteiger charge is -2.15. The van der Waals surface area contributed by atoms with Gasteiger partial charge in [-0.15, -0.1) is 0 Å². The lowest BCUT2D eigenvalue weighted by molar-refractivity contribution is 0.479. The first-order valence-electron chi connectivity index (χ1n) is 7.60. The third-order valence-corrected chi connectivity index (χ3v) is 2.53. The minimum absolute atomic E-state index is 0.718. The van der Waals surface area contributed by atoms with E-state index in [4.69, 9.17) is 0 Å². The third-order valence-electron chi connectivity index (χ3n) is 2.53. The van der Waals surface area contributed by atoms with Gasteiger partial charge < -0.3 is 0 Å². The molecule has 0 saturated carbocycles. The minimum atomic E-state index is 0.718. The van der Waals surface area contributed by atoms with Crippen molar-refractivity contribution in [3.63, 3.8) is 0 Å². The molecule has 0 heteroatoms. The van der Waals surface area contributed by atoms with Crippen LogP contribution in [0.25, 0.3) is 0 Å². The van der Waals surface area contributed by atoms with Gasteiger partial charge in [0.25, 0.3) is 0 Å². The van der Waals surface area contributed by atoms with Crippen molar-refractivity contribution in [3.8, 4) is 0 Å². The maximum atomic E-state index is 2.32. The Labute approximate surface area is 118 Å². The molecule has 0 heterocycles. The van der Waals surface area contributed by atoms with Crippen LogP contribution < -0.4 is 0 Å². The maximum absolute atomic E-state index is 2.32. The first kappa shape index (κ1) is 22.6. The fraction of sp³-hybridized carbons (Fsp3) is 0.778. The Bertz CT molecular complexity index is 191. The van der Waals surface area contributed by atoms with E-state index >= 15 is 0 Å². The number of hydrogen-bond acceptors (Lipinski definition) is 0. The van der Waals surface area contributed by atoms with Gasteiger partial charge in [0.15, 0.2) is 0 Å². The van der Waals surface area contributed by atoms with Crippen LogP contribution in [0.4, 0.5) is 0 Å². The zero-order valence-electron chi connectivity index (χ0n) is 14.7. The van der Waals surface area contributed by atoms with Gasteiger partial charge in [0.1, 0.15) is 0 Å². The summed E-state index contributed by atoms with van der Waals surface area (Å²) >= 11 is 0. The monoisotopic (exact) mass is 254 g/mol. The Hall–Kier alpha value is -0.520. The lowest BCUT2D eigenvalue weighted by atomic mass is 9.90. The Morgan fingerprint density at radius 1 is 0.944 bits per heavy atom. The van der Waals surface area contributed by atoms with E-state index in [1.165, 1.54) is 5.57 Å². The molecule has 0 rings (SSSR count). The number of allylic oxidation sites excluding steroid dienone is 4. The molecule has 0 N–H and O–H groups in total. The molecule has 0 aliphatic rings. The summed E-state index contributed by atoms with van der Waals surface area (Å²) in [7, 11) is 0. The zero-order chi connectivity index (χ0) is 15.1. The van der Waals surface area contributed by atoms with Crippen molar-refractivity contribution in [2.75, 3.05) is 0 Å². The van der Waals surface area contributed by atoms with E-state index in [0.717, 1.165) is 24.2 Å². The predicted molar refractivity (Wildman–Crippen MR) is 89.1 cm³/mol. The molecule has 0 aromatic rings. The lowest BCUT2D eigenvalue weighted by Crippen LogP contribution is -2.04. The van der Waals surface area contributed by atoms with E-state index in [9.17, 15) is 0 Å². The molecule has 0 amide bonds. The molecule has 0 saturated heterocycles. The summed E-state index contributed by atoms with van der Waals surface area (Å²) in [5.41, 5.74) is 1.52. The summed E-state index contributed by atoms with van der Waals surface area (Å²) < 4.78 is 0. The molecule has 0 spiro atoms. The maximum Gasteiger partial charge on any atom is -0.0167 e. The van der Waals surface area contributed by atoms with Crippen LogP contribution in [-0.2, 0) is 0 Å². The van der Waals surface area contributed by atoms with Crippen molar-refractivity contribution < 1.29 is 0 Å². The van der Waals surface area contributed by atoms with Crippen LogP contribution in [0, 0.1) is 17.8 Å². The summed E-state index contributed by atoms with van der Waals surface area (Å²) in [4.78, 5) is 0. The Morgan fingerprint density at radius 2 is 1.33 bits per heavy atom. The summed E-state index contributed by atoms with van der Waals surface area (Å²) in [6.07, 6.45) is 7.70. The molecule has 1 atom stereocenters. The Morgan fingerprint density at radius 3 is 1.61 bits per heavy atom. The van der Waals surface area contributed by atoms with Gasteiger partial charge in [-0.2, -0.15) is 0 Å². The smallest absolute Gasteiger partial charge is 0.0167 e. The molecule has 1 unspecified atom stereocenters. The standard InChI is InChI=1S/C12H22.C4H10.C2H6/c1-6-7-8-9-11(4)12(5)10(2)3;1-4(2)3;1-2/h6-7,9-10,12H,8H2,1-5H3;4H,1-3H3;1-2H3/b7-6-,11-9-;;. The molecule has 0 aliphatic heterocycles. The molecule has 18 heavy (non-hydrogen) atoms. The highest BCUT2D eigenvalue weighted by Crippen LogP contribution is 2.19. The van der Waals surface area contributed by atoms with E-state index in [1.54, 1.807) is 0 Å². The van der Waals surface area contributed by atoms with Crippen molar-refractivity contribution in [1.82, 2.24) is 0 Å². The highest BCUT2D eigenvalue weighted by molar-refractivity contribution is 5.05. The van der Waals surface area contributed by atoms with Crippen molar-refractivity contribution in [2.45, 2.75) is 75.7 Å². The minimum Gasteiger partial charge on any atom is -0.0914 e. The summed E-state index contributed by atoms with van der Waals surface area (Å²) in [5.74, 6) is 2.31. The van der Waals surface area contributed by atoms with Crippen LogP contribution in [-0.4, -0.2) is 0 Å². The second-order valence-electron chi connectivity index (χ2n) is 5.52. The SMILES string of the molecule is C/C=C\C/C=C(/C)C(C)C(C)C.CC.CC(C)C. The van der Waals surface area contributed by atoms with E-state index in [-0.39, 0.29) is 0 Å². The molecule has 0 aromatic carbocycles. The molecule has 0 aliphatic carbocycles. The van der Waals surface area contributed by atoms with E-state index in [0.29, 0.717) is 0 Å². The molecule has 0 radical (unpaired) electrons. The van der Waals surface area contributed by atoms with Gasteiger partial charge in [-0.05, 0) is 38.0 Å². The fourth-order valence-electron chi connectivity index (χ4n) is 1.10. The van der Waals surface area contributed by atoms with Crippen molar-refractivity contribution in [3.05, 3.63) is 23.8 Å². The quantitative estimate of drug-likeness (QED) is 0.480. The van der Waals surface area contributed by atoms with Crippen LogP contribution in [0.3, 0.4) is 0 Å². The van der Waals surface area contributed by atoms with Gasteiger partial charge in [-0.1, -0.05) is 79.2 Å². The van der Waals surface area contributed by atoms with Gasteiger partial charge in [0.2, 0.25) is 0 Å². The van der Waals surface area contributed by atoms with Gasteiger partial charge in [-0.25, -0.2) is 0 Å². The van der Waals surface area contributed by atoms with Gasteiger partial charge in [0, 0.05) is 0 Å². The first-order valence-corrected chi connectivity index (χ1v) is 7.60. The fourth-order valence-corrected chi connectivity index (χ4v) is 1.10. The zero-order valence-corrected chi connectivity index (χ0v) is 14.7. The average molecular weight is 255 g/mol. The molecule has 110 valence electrons. The topological polar surface area (TPSA) is 0 Å². The van der Waals surface area contributed by atoms with E-state index < -0.39 is 0 Å². The second-order valence-corrected chi connectivity index (χ2v) is 5.52. The number of rotatable bonds is 4. The summed E-state index contributed by atoms with van der Waals surface area (Å²) in [6.45, 7) is 21.6. The average Bonchev–Trinajstić information content (AvgIpc) is 2.30. The molecular formula is C18H38. The normalized spacial score (nSPS) is 13.0. The van der Waals surface area contributed by atoms with Crippen molar-refractivity contribution >= 4 is 0 Å². The number of hydrogen-bond donors (Lipinski definition) is 0. The van der Waals surface area contributed by atoms with E-state index in [2.05, 4.69) is 73.6 Å². The molecule has 0 bridgehead atoms. The van der Waals surface area contributed by atoms with Gasteiger partial charge >= 0.3 is 0 Å². The third kappa shape index (κ3) is 20.8. The highest BCUT2D eigenvalue weighted by atomic mass is 14.1. The van der Waals surface area contributed by atoms with E-state index in [1.807, 2.05) is 13.8 Å². The predicted octanol–water partition coefficient (Wildman–Crippen LogP) is 6.88. The van der Waals surface area contributed by atoms with Crippen LogP contribution in [0.5, 0.6) is 0 Å². The summed E-state index contributed by atoms with van der Waals surface area (Å²) in [5, 5.41) is 0. The van der Waals surface area contributed by atoms with Crippen molar-refractivity contribution in [2.24, 2.45) is 17.8 Å². The largest absolute Gasteiger partial charge is 0.0914 e. The molecule has 0 nitrogen and oxygen atoms in total. The van der Waals surface area contributed by atoms with Gasteiger partial charge in [-0.3, -0.25) is 0 Å². The van der Waals surface area contributed by atoms with Crippen LogP contribution >= 0.6 is 0 Å². The second kappa shape index (κ2) is 16.5. The highest BCUT2D eigenvalue weighted by Gasteiger charge is 2.07. The summed E-state index contributed by atoms with van der Waals surface area (Å²) in [6, 6.07) is 0. The van der Waals surface area contributed by atoms with Crippen molar-refractivity contribution in [1.29, 1.82) is 0 Å². The molecule has 0 aromatic heterocycles. The van der Waals surface area contributed by atoms with Crippen LogP contribution in [0.15, 0.2) is 23.8 Å². The Balaban J connectivity index is -0.000000317. The first-order chi connectivity index (χ1) is 8.32. The molecule has 0 fully saturated rings. The van der Waals surface area contributed by atoms with Crippen LogP contribution in [0.2, 0.25) is 0 Å². The van der Waals surface area contributed by atoms with Crippen LogP contribution in [0.1, 0.15) is 75.7 Å².